The van der Waals surface area contributed by atoms with Gasteiger partial charge >= 0.3 is 5.97 Å². The van der Waals surface area contributed by atoms with E-state index in [1.54, 1.807) is 16.7 Å². The van der Waals surface area contributed by atoms with Gasteiger partial charge in [0.05, 0.1) is 17.6 Å². The number of aromatic nitrogens is 4. The number of hydrogen-bond donors (Lipinski definition) is 1. The van der Waals surface area contributed by atoms with Gasteiger partial charge in [-0.05, 0) is 36.4 Å². The van der Waals surface area contributed by atoms with E-state index in [9.17, 15) is 9.90 Å². The molecular formula is C18H15ClN4O3S. The Balaban J connectivity index is 1.54. The van der Waals surface area contributed by atoms with E-state index in [4.69, 9.17) is 16.3 Å². The highest BCUT2D eigenvalue weighted by Crippen LogP contribution is 2.26. The Kier molecular flexibility index (Phi) is 4.91. The number of benzene rings is 2. The van der Waals surface area contributed by atoms with Crippen LogP contribution in [0.3, 0.4) is 0 Å². The number of fused-ring (bicyclic) bond motifs is 3. The average molecular weight is 403 g/mol. The molecule has 0 radical (unpaired) electrons. The fraction of sp³-hybridized carbons (Fsp3) is 0.167. The third-order valence-corrected chi connectivity index (χ3v) is 5.11. The second-order valence-electron chi connectivity index (χ2n) is 5.74. The largest absolute Gasteiger partial charge is 0.493 e. The molecule has 0 spiro atoms. The summed E-state index contributed by atoms with van der Waals surface area (Å²) in [6.07, 6.45) is 0. The van der Waals surface area contributed by atoms with E-state index in [0.717, 1.165) is 16.8 Å². The van der Waals surface area contributed by atoms with Crippen LogP contribution < -0.4 is 4.74 Å². The summed E-state index contributed by atoms with van der Waals surface area (Å²) >= 11 is 7.36. The Hall–Kier alpha value is -2.71. The molecule has 0 atom stereocenters. The Labute approximate surface area is 163 Å². The number of carbonyl (C=O) groups is 1. The smallest absolute Gasteiger partial charge is 0.323 e. The maximum Gasteiger partial charge on any atom is 0.323 e. The maximum absolute atomic E-state index is 11.2. The monoisotopic (exact) mass is 402 g/mol. The number of carboxylic acid groups (broad SMARTS) is 1. The summed E-state index contributed by atoms with van der Waals surface area (Å²) in [4.78, 5) is 11.2. The molecule has 2 aromatic heterocycles. The standard InChI is InChI=1S/C18H15ClN4O3S/c19-12-5-7-13(8-6-12)26-9-10-27-18-21-20-17-22(11-16(24)25)14-3-1-2-4-15(14)23(17)18/h1-8H,9-11H2,(H,24,25). The topological polar surface area (TPSA) is 81.7 Å². The van der Waals surface area contributed by atoms with Gasteiger partial charge in [-0.2, -0.15) is 0 Å². The fourth-order valence-electron chi connectivity index (χ4n) is 2.85. The normalized spacial score (nSPS) is 11.3. The van der Waals surface area contributed by atoms with Crippen molar-refractivity contribution in [3.05, 3.63) is 53.6 Å². The third kappa shape index (κ3) is 3.58. The molecule has 1 N–H and O–H groups in total. The minimum atomic E-state index is -0.924. The Morgan fingerprint density at radius 3 is 2.59 bits per heavy atom. The molecule has 0 amide bonds. The van der Waals surface area contributed by atoms with Crippen molar-refractivity contribution in [2.24, 2.45) is 0 Å². The van der Waals surface area contributed by atoms with Crippen LogP contribution >= 0.6 is 23.4 Å². The number of halogens is 1. The van der Waals surface area contributed by atoms with Crippen LogP contribution in [-0.2, 0) is 11.3 Å². The van der Waals surface area contributed by atoms with E-state index < -0.39 is 5.97 Å². The first-order valence-electron chi connectivity index (χ1n) is 8.19. The SMILES string of the molecule is O=C(O)Cn1c2ccccc2n2c(SCCOc3ccc(Cl)cc3)nnc12. The second kappa shape index (κ2) is 7.50. The number of ether oxygens (including phenoxy) is 1. The van der Waals surface area contributed by atoms with Crippen LogP contribution in [0.4, 0.5) is 0 Å². The summed E-state index contributed by atoms with van der Waals surface area (Å²) < 4.78 is 9.23. The molecule has 9 heteroatoms. The quantitative estimate of drug-likeness (QED) is 0.376. The first-order chi connectivity index (χ1) is 13.1. The molecule has 27 heavy (non-hydrogen) atoms. The molecule has 0 saturated carbocycles. The molecule has 0 aliphatic rings. The van der Waals surface area contributed by atoms with Crippen molar-refractivity contribution in [2.45, 2.75) is 11.7 Å². The lowest BCUT2D eigenvalue weighted by Gasteiger charge is -2.05. The van der Waals surface area contributed by atoms with Gasteiger partial charge in [0, 0.05) is 10.8 Å². The first-order valence-corrected chi connectivity index (χ1v) is 9.55. The lowest BCUT2D eigenvalue weighted by atomic mass is 10.3. The molecule has 2 heterocycles. The molecule has 0 unspecified atom stereocenters. The number of imidazole rings is 1. The summed E-state index contributed by atoms with van der Waals surface area (Å²) in [5, 5.41) is 19.0. The summed E-state index contributed by atoms with van der Waals surface area (Å²) in [6.45, 7) is 0.328. The van der Waals surface area contributed by atoms with Crippen LogP contribution in [-0.4, -0.2) is 42.6 Å². The van der Waals surface area contributed by atoms with Gasteiger partial charge in [-0.3, -0.25) is 13.8 Å². The van der Waals surface area contributed by atoms with Crippen LogP contribution in [0.2, 0.25) is 5.02 Å². The molecule has 138 valence electrons. The van der Waals surface area contributed by atoms with Crippen molar-refractivity contribution < 1.29 is 14.6 Å². The highest BCUT2D eigenvalue weighted by atomic mass is 35.5. The summed E-state index contributed by atoms with van der Waals surface area (Å²) in [5.41, 5.74) is 1.68. The molecule has 0 saturated heterocycles. The number of thioether (sulfide) groups is 1. The Morgan fingerprint density at radius 1 is 1.11 bits per heavy atom. The van der Waals surface area contributed by atoms with E-state index in [2.05, 4.69) is 10.2 Å². The third-order valence-electron chi connectivity index (χ3n) is 3.96. The van der Waals surface area contributed by atoms with Crippen molar-refractivity contribution >= 4 is 46.1 Å². The number of aliphatic carboxylic acids is 1. The zero-order valence-corrected chi connectivity index (χ0v) is 15.7. The van der Waals surface area contributed by atoms with Crippen LogP contribution in [0.1, 0.15) is 0 Å². The number of rotatable bonds is 7. The predicted octanol–water partition coefficient (Wildman–Crippen LogP) is 3.59. The van der Waals surface area contributed by atoms with Crippen LogP contribution in [0.5, 0.6) is 5.75 Å². The first kappa shape index (κ1) is 17.7. The molecular weight excluding hydrogens is 388 g/mol. The van der Waals surface area contributed by atoms with Gasteiger partial charge in [-0.1, -0.05) is 35.5 Å². The summed E-state index contributed by atoms with van der Waals surface area (Å²) in [6, 6.07) is 14.8. The van der Waals surface area contributed by atoms with Gasteiger partial charge in [0.15, 0.2) is 5.16 Å². The molecule has 2 aromatic carbocycles. The molecule has 0 fully saturated rings. The fourth-order valence-corrected chi connectivity index (χ4v) is 3.73. The minimum Gasteiger partial charge on any atom is -0.493 e. The van der Waals surface area contributed by atoms with Crippen molar-refractivity contribution in [1.82, 2.24) is 19.2 Å². The summed E-state index contributed by atoms with van der Waals surface area (Å²) in [5.74, 6) is 1.01. The van der Waals surface area contributed by atoms with E-state index in [1.165, 1.54) is 11.8 Å². The van der Waals surface area contributed by atoms with E-state index in [0.29, 0.717) is 28.3 Å². The van der Waals surface area contributed by atoms with E-state index in [1.807, 2.05) is 40.8 Å². The Morgan fingerprint density at radius 2 is 1.85 bits per heavy atom. The lowest BCUT2D eigenvalue weighted by molar-refractivity contribution is -0.137. The van der Waals surface area contributed by atoms with Crippen molar-refractivity contribution in [1.29, 1.82) is 0 Å². The number of nitrogens with zero attached hydrogens (tertiary/aromatic N) is 4. The van der Waals surface area contributed by atoms with Crippen molar-refractivity contribution in [3.63, 3.8) is 0 Å². The zero-order valence-electron chi connectivity index (χ0n) is 14.1. The van der Waals surface area contributed by atoms with Gasteiger partial charge in [0.1, 0.15) is 12.3 Å². The van der Waals surface area contributed by atoms with E-state index in [-0.39, 0.29) is 6.54 Å². The number of hydrogen-bond acceptors (Lipinski definition) is 5. The highest BCUT2D eigenvalue weighted by Gasteiger charge is 2.18. The van der Waals surface area contributed by atoms with Crippen LogP contribution in [0.15, 0.2) is 53.7 Å². The van der Waals surface area contributed by atoms with Crippen molar-refractivity contribution in [3.8, 4) is 5.75 Å². The van der Waals surface area contributed by atoms with Gasteiger partial charge in [-0.15, -0.1) is 10.2 Å². The second-order valence-corrected chi connectivity index (χ2v) is 7.24. The molecule has 4 aromatic rings. The Bertz CT molecular complexity index is 1110. The van der Waals surface area contributed by atoms with Crippen molar-refractivity contribution in [2.75, 3.05) is 12.4 Å². The average Bonchev–Trinajstić information content (AvgIpc) is 3.20. The molecule has 0 aliphatic carbocycles. The highest BCUT2D eigenvalue weighted by molar-refractivity contribution is 7.99. The molecule has 4 rings (SSSR count). The van der Waals surface area contributed by atoms with Crippen LogP contribution in [0.25, 0.3) is 16.8 Å². The summed E-state index contributed by atoms with van der Waals surface area (Å²) in [7, 11) is 0. The number of para-hydroxylation sites is 2. The molecule has 7 nitrogen and oxygen atoms in total. The van der Waals surface area contributed by atoms with E-state index >= 15 is 0 Å². The number of carboxylic acids is 1. The molecule has 0 bridgehead atoms. The molecule has 0 aliphatic heterocycles. The zero-order chi connectivity index (χ0) is 18.8. The maximum atomic E-state index is 11.2. The minimum absolute atomic E-state index is 0.167. The van der Waals surface area contributed by atoms with Gasteiger partial charge in [0.25, 0.3) is 0 Å². The van der Waals surface area contributed by atoms with Gasteiger partial charge in [0.2, 0.25) is 5.78 Å². The lowest BCUT2D eigenvalue weighted by Crippen LogP contribution is -2.08. The van der Waals surface area contributed by atoms with Gasteiger partial charge < -0.3 is 9.84 Å². The van der Waals surface area contributed by atoms with Crippen LogP contribution in [0, 0.1) is 0 Å². The van der Waals surface area contributed by atoms with Gasteiger partial charge in [-0.25, -0.2) is 0 Å². The predicted molar refractivity (Wildman–Crippen MR) is 104 cm³/mol.